The molecule has 1 aliphatic carbocycles. The van der Waals surface area contributed by atoms with Crippen molar-refractivity contribution < 1.29 is 53.0 Å². The van der Waals surface area contributed by atoms with Crippen LogP contribution in [0.1, 0.15) is 46.5 Å². The summed E-state index contributed by atoms with van der Waals surface area (Å²) in [6.07, 6.45) is 7.27. The molecule has 0 bridgehead atoms. The van der Waals surface area contributed by atoms with Crippen LogP contribution in [0.5, 0.6) is 0 Å². The molecule has 180 valence electrons. The van der Waals surface area contributed by atoms with Crippen molar-refractivity contribution >= 4 is 41.2 Å². The zero-order valence-corrected chi connectivity index (χ0v) is 22.4. The molecule has 2 atom stereocenters. The van der Waals surface area contributed by atoms with Crippen LogP contribution < -0.4 is 34.7 Å². The number of nitrogens with zero attached hydrogens (tertiary/aromatic N) is 1. The second-order valence-electron chi connectivity index (χ2n) is 8.81. The molecule has 5 rings (SSSR count). The summed E-state index contributed by atoms with van der Waals surface area (Å²) in [5.41, 5.74) is 5.68. The van der Waals surface area contributed by atoms with Crippen molar-refractivity contribution in [2.24, 2.45) is 5.92 Å². The number of aliphatic carboxylic acids is 1. The van der Waals surface area contributed by atoms with Crippen LogP contribution in [-0.4, -0.2) is 17.6 Å². The van der Waals surface area contributed by atoms with Gasteiger partial charge in [0.05, 0.1) is 17.8 Å². The topological polar surface area (TPSA) is 62.2 Å². The number of carbonyl (C=O) groups is 1. The van der Waals surface area contributed by atoms with Crippen LogP contribution >= 0.6 is 0 Å². The Balaban J connectivity index is 0.00000320. The Morgan fingerprint density at radius 1 is 0.973 bits per heavy atom. The van der Waals surface area contributed by atoms with E-state index >= 15 is 0 Å². The number of aromatic nitrogens is 1. The van der Waals surface area contributed by atoms with Gasteiger partial charge in [-0.1, -0.05) is 67.6 Å². The molecule has 0 saturated carbocycles. The van der Waals surface area contributed by atoms with Crippen LogP contribution in [-0.2, 0) is 9.53 Å². The van der Waals surface area contributed by atoms with E-state index in [2.05, 4.69) is 4.98 Å². The standard InChI is InChI=1S/C30H23F2NO3.Na/c1-18(30(34)35)17-36-29-24-5-3-2-4-20(24)9-10-21-8-6-19(14-25(21)29)7-12-23-13-11-22-15-26(31)27(32)16-28(22)33-23;/h2-16,18,29H,17H2,1H3,(H,34,35);/q;+1/p-1/b12-7+;/t18-,29?;/m1./s1. The van der Waals surface area contributed by atoms with Crippen LogP contribution in [0.15, 0.2) is 66.7 Å². The van der Waals surface area contributed by atoms with Gasteiger partial charge in [0.15, 0.2) is 11.6 Å². The number of fused-ring (bicyclic) bond motifs is 3. The first-order valence-electron chi connectivity index (χ1n) is 11.6. The van der Waals surface area contributed by atoms with E-state index in [-0.39, 0.29) is 36.2 Å². The first-order valence-corrected chi connectivity index (χ1v) is 11.6. The molecule has 4 aromatic rings. The van der Waals surface area contributed by atoms with Crippen molar-refractivity contribution in [1.82, 2.24) is 4.98 Å². The molecule has 3 aromatic carbocycles. The molecule has 37 heavy (non-hydrogen) atoms. The average Bonchev–Trinajstić information content (AvgIpc) is 3.03. The first-order chi connectivity index (χ1) is 17.4. The Kier molecular flexibility index (Phi) is 8.35. The molecule has 0 aliphatic heterocycles. The number of carbonyl (C=O) groups excluding carboxylic acids is 1. The maximum absolute atomic E-state index is 13.6. The van der Waals surface area contributed by atoms with E-state index in [1.54, 1.807) is 25.1 Å². The fraction of sp³-hybridized carbons (Fsp3) is 0.133. The average molecular weight is 505 g/mol. The summed E-state index contributed by atoms with van der Waals surface area (Å²) in [5, 5.41) is 11.8. The summed E-state index contributed by atoms with van der Waals surface area (Å²) in [6.45, 7) is 1.58. The summed E-state index contributed by atoms with van der Waals surface area (Å²) in [4.78, 5) is 15.7. The van der Waals surface area contributed by atoms with Gasteiger partial charge in [-0.2, -0.15) is 0 Å². The zero-order valence-electron chi connectivity index (χ0n) is 20.4. The number of hydrogen-bond acceptors (Lipinski definition) is 4. The second-order valence-corrected chi connectivity index (χ2v) is 8.81. The van der Waals surface area contributed by atoms with E-state index in [1.165, 1.54) is 0 Å². The van der Waals surface area contributed by atoms with Gasteiger partial charge in [-0.05, 0) is 52.1 Å². The van der Waals surface area contributed by atoms with E-state index in [0.717, 1.165) is 39.9 Å². The minimum Gasteiger partial charge on any atom is -0.550 e. The first kappa shape index (κ1) is 26.9. The van der Waals surface area contributed by atoms with Crippen LogP contribution in [0, 0.1) is 17.6 Å². The van der Waals surface area contributed by atoms with E-state index < -0.39 is 29.6 Å². The Bertz CT molecular complexity index is 1530. The molecular formula is C30H22F2NNaO3. The van der Waals surface area contributed by atoms with Gasteiger partial charge in [0.1, 0.15) is 6.10 Å². The van der Waals surface area contributed by atoms with E-state index in [4.69, 9.17) is 4.74 Å². The molecule has 1 aromatic heterocycles. The van der Waals surface area contributed by atoms with Gasteiger partial charge in [-0.25, -0.2) is 13.8 Å². The van der Waals surface area contributed by atoms with Gasteiger partial charge in [0.2, 0.25) is 0 Å². The number of pyridine rings is 1. The number of rotatable bonds is 6. The van der Waals surface area contributed by atoms with Crippen LogP contribution in [0.3, 0.4) is 0 Å². The maximum atomic E-state index is 13.6. The number of carboxylic acids is 1. The maximum Gasteiger partial charge on any atom is 1.00 e. The van der Waals surface area contributed by atoms with Gasteiger partial charge in [-0.15, -0.1) is 0 Å². The number of benzene rings is 3. The molecule has 0 spiro atoms. The number of carboxylic acid groups (broad SMARTS) is 1. The van der Waals surface area contributed by atoms with E-state index in [1.807, 2.05) is 60.7 Å². The third-order valence-electron chi connectivity index (χ3n) is 6.23. The third-order valence-corrected chi connectivity index (χ3v) is 6.23. The van der Waals surface area contributed by atoms with Crippen molar-refractivity contribution in [3.63, 3.8) is 0 Å². The molecule has 0 N–H and O–H groups in total. The fourth-order valence-electron chi connectivity index (χ4n) is 4.22. The van der Waals surface area contributed by atoms with Crippen molar-refractivity contribution in [3.05, 3.63) is 112 Å². The summed E-state index contributed by atoms with van der Waals surface area (Å²) >= 11 is 0. The molecule has 1 heterocycles. The summed E-state index contributed by atoms with van der Waals surface area (Å²) < 4.78 is 33.3. The van der Waals surface area contributed by atoms with Gasteiger partial charge in [0, 0.05) is 23.3 Å². The predicted octanol–water partition coefficient (Wildman–Crippen LogP) is 2.66. The van der Waals surface area contributed by atoms with E-state index in [9.17, 15) is 18.7 Å². The molecular weight excluding hydrogens is 483 g/mol. The Hall–Kier alpha value is -3.16. The number of halogens is 2. The van der Waals surface area contributed by atoms with Crippen molar-refractivity contribution in [2.45, 2.75) is 13.0 Å². The minimum atomic E-state index is -1.16. The summed E-state index contributed by atoms with van der Waals surface area (Å²) in [5.74, 6) is -3.75. The zero-order chi connectivity index (χ0) is 25.2. The Morgan fingerprint density at radius 3 is 2.49 bits per heavy atom. The number of ether oxygens (including phenoxy) is 1. The van der Waals surface area contributed by atoms with Crippen molar-refractivity contribution in [1.29, 1.82) is 0 Å². The molecule has 0 fully saturated rings. The van der Waals surface area contributed by atoms with E-state index in [0.29, 0.717) is 16.6 Å². The SMILES string of the molecule is C[C@H](COC1c2ccccc2C=Cc2ccc(/C=C/c3ccc4cc(F)c(F)cc4n3)cc21)C(=O)[O-].[Na+]. The van der Waals surface area contributed by atoms with Crippen molar-refractivity contribution in [2.75, 3.05) is 6.61 Å². The van der Waals surface area contributed by atoms with Gasteiger partial charge in [0.25, 0.3) is 0 Å². The minimum absolute atomic E-state index is 0. The summed E-state index contributed by atoms with van der Waals surface area (Å²) in [7, 11) is 0. The molecule has 1 aliphatic rings. The smallest absolute Gasteiger partial charge is 0.550 e. The predicted molar refractivity (Wildman–Crippen MR) is 134 cm³/mol. The normalized spacial score (nSPS) is 15.1. The van der Waals surface area contributed by atoms with Crippen LogP contribution in [0.2, 0.25) is 0 Å². The Labute approximate surface area is 235 Å². The van der Waals surface area contributed by atoms with Gasteiger partial charge < -0.3 is 14.6 Å². The number of hydrogen-bond donors (Lipinski definition) is 0. The molecule has 0 radical (unpaired) electrons. The molecule has 4 nitrogen and oxygen atoms in total. The van der Waals surface area contributed by atoms with Crippen LogP contribution in [0.25, 0.3) is 35.2 Å². The molecule has 0 amide bonds. The monoisotopic (exact) mass is 505 g/mol. The van der Waals surface area contributed by atoms with Crippen LogP contribution in [0.4, 0.5) is 8.78 Å². The van der Waals surface area contributed by atoms with Gasteiger partial charge >= 0.3 is 29.6 Å². The second kappa shape index (κ2) is 11.5. The quantitative estimate of drug-likeness (QED) is 0.378. The third kappa shape index (κ3) is 5.89. The Morgan fingerprint density at radius 2 is 1.70 bits per heavy atom. The molecule has 0 saturated heterocycles. The largest absolute Gasteiger partial charge is 1.00 e. The van der Waals surface area contributed by atoms with Crippen molar-refractivity contribution in [3.8, 4) is 0 Å². The fourth-order valence-corrected chi connectivity index (χ4v) is 4.22. The summed E-state index contributed by atoms with van der Waals surface area (Å²) in [6, 6.07) is 19.5. The molecule has 1 unspecified atom stereocenters. The molecule has 7 heteroatoms. The van der Waals surface area contributed by atoms with Gasteiger partial charge in [-0.3, -0.25) is 0 Å².